The highest BCUT2D eigenvalue weighted by Gasteiger charge is 2.15. The minimum atomic E-state index is -3.14. The first-order chi connectivity index (χ1) is 7.33. The average Bonchev–Trinajstić information content (AvgIpc) is 2.16. The van der Waals surface area contributed by atoms with Crippen molar-refractivity contribution < 1.29 is 19.0 Å². The second-order valence-corrected chi connectivity index (χ2v) is 5.03. The molecular weight excluding hydrogens is 230 g/mol. The molecule has 4 N–H and O–H groups in total. The van der Waals surface area contributed by atoms with Crippen molar-refractivity contribution in [1.82, 2.24) is 4.72 Å². The summed E-state index contributed by atoms with van der Waals surface area (Å²) in [5.41, 5.74) is 0.511. The van der Waals surface area contributed by atoms with E-state index in [1.54, 1.807) is 6.92 Å². The van der Waals surface area contributed by atoms with Crippen LogP contribution in [0.15, 0.2) is 41.4 Å². The van der Waals surface area contributed by atoms with Crippen LogP contribution in [0.2, 0.25) is 0 Å². The molecule has 88 valence electrons. The summed E-state index contributed by atoms with van der Waals surface area (Å²) >= 11 is 0. The summed E-state index contributed by atoms with van der Waals surface area (Å²) < 4.78 is 21.8. The van der Waals surface area contributed by atoms with Crippen molar-refractivity contribution in [1.29, 1.82) is 0 Å². The quantitative estimate of drug-likeness (QED) is 0.652. The van der Waals surface area contributed by atoms with Gasteiger partial charge in [-0.05, 0) is 31.2 Å². The molecule has 0 atom stereocenters. The molecule has 0 heterocycles. The van der Waals surface area contributed by atoms with E-state index in [0.717, 1.165) is 0 Å². The highest BCUT2D eigenvalue weighted by Crippen LogP contribution is 2.44. The molecule has 0 aliphatic carbocycles. The number of nitrogens with one attached hydrogen (secondary N) is 1. The Labute approximate surface area is 94.9 Å². The van der Waals surface area contributed by atoms with Crippen LogP contribution in [0, 0.1) is 0 Å². The lowest BCUT2D eigenvalue weighted by molar-refractivity contribution is 0.0696. The van der Waals surface area contributed by atoms with Crippen molar-refractivity contribution in [2.24, 2.45) is 0 Å². The smallest absolute Gasteiger partial charge is 0.335 e. The highest BCUT2D eigenvalue weighted by molar-refractivity contribution is 8.22. The van der Waals surface area contributed by atoms with Crippen molar-refractivity contribution in [3.8, 4) is 0 Å². The van der Waals surface area contributed by atoms with Gasteiger partial charge in [0, 0.05) is 5.70 Å². The fourth-order valence-corrected chi connectivity index (χ4v) is 2.21. The van der Waals surface area contributed by atoms with E-state index in [1.807, 2.05) is 0 Å². The van der Waals surface area contributed by atoms with Crippen LogP contribution < -0.4 is 4.72 Å². The van der Waals surface area contributed by atoms with E-state index in [2.05, 4.69) is 11.3 Å². The van der Waals surface area contributed by atoms with E-state index in [9.17, 15) is 13.9 Å². The van der Waals surface area contributed by atoms with Gasteiger partial charge in [0.15, 0.2) is 0 Å². The van der Waals surface area contributed by atoms with Gasteiger partial charge in [-0.25, -0.2) is 4.79 Å². The van der Waals surface area contributed by atoms with Gasteiger partial charge in [0.1, 0.15) is 0 Å². The molecule has 1 rings (SSSR count). The summed E-state index contributed by atoms with van der Waals surface area (Å²) in [5, 5.41) is 8.68. The van der Waals surface area contributed by atoms with Crippen molar-refractivity contribution >= 4 is 16.7 Å². The number of aromatic carboxylic acids is 1. The Hall–Kier alpha value is -1.50. The molecule has 0 amide bonds. The molecule has 5 nitrogen and oxygen atoms in total. The topological polar surface area (TPSA) is 89.8 Å². The lowest BCUT2D eigenvalue weighted by Gasteiger charge is -2.33. The first-order valence-electron chi connectivity index (χ1n) is 4.38. The second kappa shape index (κ2) is 4.56. The van der Waals surface area contributed by atoms with E-state index < -0.39 is 16.7 Å². The third-order valence-corrected chi connectivity index (χ3v) is 3.31. The van der Waals surface area contributed by atoms with Gasteiger partial charge >= 0.3 is 5.97 Å². The summed E-state index contributed by atoms with van der Waals surface area (Å²) in [4.78, 5) is 10.8. The number of allylic oxidation sites excluding steroid dienone is 1. The van der Waals surface area contributed by atoms with Gasteiger partial charge in [-0.2, -0.15) is 0 Å². The molecule has 1 aromatic carbocycles. The molecule has 0 saturated heterocycles. The SMILES string of the molecule is C=C(C)NS(O)(O)c1ccc(C(=O)O)cc1. The predicted molar refractivity (Wildman–Crippen MR) is 62.5 cm³/mol. The summed E-state index contributed by atoms with van der Waals surface area (Å²) in [6.07, 6.45) is 0. The monoisotopic (exact) mass is 243 g/mol. The van der Waals surface area contributed by atoms with Gasteiger partial charge in [-0.15, -0.1) is 0 Å². The molecule has 0 fully saturated rings. The minimum Gasteiger partial charge on any atom is -0.478 e. The summed E-state index contributed by atoms with van der Waals surface area (Å²) in [6, 6.07) is 5.33. The fourth-order valence-electron chi connectivity index (χ4n) is 1.09. The third kappa shape index (κ3) is 2.99. The molecule has 0 unspecified atom stereocenters. The van der Waals surface area contributed by atoms with E-state index >= 15 is 0 Å². The third-order valence-electron chi connectivity index (χ3n) is 1.75. The normalized spacial score (nSPS) is 11.9. The molecule has 16 heavy (non-hydrogen) atoms. The maximum atomic E-state index is 10.6. The number of hydrogen-bond donors (Lipinski definition) is 4. The molecule has 0 bridgehead atoms. The zero-order chi connectivity index (χ0) is 12.3. The first kappa shape index (κ1) is 12.6. The zero-order valence-corrected chi connectivity index (χ0v) is 9.49. The molecule has 0 spiro atoms. The highest BCUT2D eigenvalue weighted by atomic mass is 32.3. The van der Waals surface area contributed by atoms with Crippen molar-refractivity contribution in [3.05, 3.63) is 42.1 Å². The molecular formula is C10H13NO4S. The van der Waals surface area contributed by atoms with Crippen LogP contribution in [-0.4, -0.2) is 20.2 Å². The molecule has 6 heteroatoms. The lowest BCUT2D eigenvalue weighted by Crippen LogP contribution is -2.17. The molecule has 0 aliphatic heterocycles. The summed E-state index contributed by atoms with van der Waals surface area (Å²) in [5.74, 6) is -1.06. The van der Waals surface area contributed by atoms with E-state index in [0.29, 0.717) is 5.70 Å². The van der Waals surface area contributed by atoms with Crippen LogP contribution in [-0.2, 0) is 0 Å². The Balaban J connectivity index is 2.96. The number of benzene rings is 1. The number of carboxylic acids is 1. The van der Waals surface area contributed by atoms with Crippen LogP contribution >= 0.6 is 10.8 Å². The van der Waals surface area contributed by atoms with Gasteiger partial charge < -0.3 is 5.11 Å². The summed E-state index contributed by atoms with van der Waals surface area (Å²) in [7, 11) is -3.14. The van der Waals surface area contributed by atoms with E-state index in [4.69, 9.17) is 5.11 Å². The zero-order valence-electron chi connectivity index (χ0n) is 8.67. The maximum absolute atomic E-state index is 10.6. The van der Waals surface area contributed by atoms with Gasteiger partial charge in [0.2, 0.25) is 0 Å². The van der Waals surface area contributed by atoms with Crippen LogP contribution in [0.3, 0.4) is 0 Å². The number of carboxylic acid groups (broad SMARTS) is 1. The average molecular weight is 243 g/mol. The summed E-state index contributed by atoms with van der Waals surface area (Å²) in [6.45, 7) is 5.10. The second-order valence-electron chi connectivity index (χ2n) is 3.26. The van der Waals surface area contributed by atoms with Crippen LogP contribution in [0.25, 0.3) is 0 Å². The van der Waals surface area contributed by atoms with E-state index in [1.165, 1.54) is 24.3 Å². The molecule has 0 radical (unpaired) electrons. The van der Waals surface area contributed by atoms with Crippen molar-refractivity contribution in [2.75, 3.05) is 0 Å². The van der Waals surface area contributed by atoms with Crippen molar-refractivity contribution in [2.45, 2.75) is 11.8 Å². The predicted octanol–water partition coefficient (Wildman–Crippen LogP) is 2.53. The minimum absolute atomic E-state index is 0.0919. The number of carbonyl (C=O) groups is 1. The molecule has 0 aromatic heterocycles. The van der Waals surface area contributed by atoms with Gasteiger partial charge in [0.05, 0.1) is 10.5 Å². The fraction of sp³-hybridized carbons (Fsp3) is 0.100. The van der Waals surface area contributed by atoms with Crippen LogP contribution in [0.5, 0.6) is 0 Å². The lowest BCUT2D eigenvalue weighted by atomic mass is 10.2. The van der Waals surface area contributed by atoms with Crippen LogP contribution in [0.1, 0.15) is 17.3 Å². The first-order valence-corrected chi connectivity index (χ1v) is 5.92. The van der Waals surface area contributed by atoms with Crippen molar-refractivity contribution in [3.63, 3.8) is 0 Å². The van der Waals surface area contributed by atoms with Crippen LogP contribution in [0.4, 0.5) is 0 Å². The standard InChI is InChI=1S/C10H13NO4S/c1-7(2)11-16(14,15)9-5-3-8(4-6-9)10(12)13/h3-6,11,14-15H,1H2,2H3,(H,12,13). The van der Waals surface area contributed by atoms with E-state index in [-0.39, 0.29) is 10.5 Å². The molecule has 1 aromatic rings. The largest absolute Gasteiger partial charge is 0.478 e. The van der Waals surface area contributed by atoms with Gasteiger partial charge in [-0.3, -0.25) is 13.8 Å². The molecule has 0 aliphatic rings. The number of hydrogen-bond acceptors (Lipinski definition) is 4. The van der Waals surface area contributed by atoms with Gasteiger partial charge in [-0.1, -0.05) is 17.4 Å². The Kier molecular flexibility index (Phi) is 3.58. The Morgan fingerprint density at radius 3 is 2.19 bits per heavy atom. The van der Waals surface area contributed by atoms with Gasteiger partial charge in [0.25, 0.3) is 0 Å². The Morgan fingerprint density at radius 2 is 1.81 bits per heavy atom. The number of rotatable bonds is 4. The Bertz CT molecular complexity index is 413. The Morgan fingerprint density at radius 1 is 1.31 bits per heavy atom. The molecule has 0 saturated carbocycles. The maximum Gasteiger partial charge on any atom is 0.335 e.